The van der Waals surface area contributed by atoms with Gasteiger partial charge in [0, 0.05) is 12.0 Å². The standard InChI is InChI=1S/C21H39B2O6PS/c1-19(2,3)12-11(27-17(22)13(12)20(4,5)6)10-26-30(25,31)29-15-14(24)16(21(7,8)9)28-18(15)23/h11-18,24H,10H2,1-9H3,(H,25,31)/t11-,12+,13?,14-,15?,16+,17-,18-,30?/m1/s1. The number of aliphatic hydroxyl groups excluding tert-OH is 1. The van der Waals surface area contributed by atoms with Crippen molar-refractivity contribution in [2.24, 2.45) is 28.1 Å². The van der Waals surface area contributed by atoms with Gasteiger partial charge in [-0.3, -0.25) is 0 Å². The van der Waals surface area contributed by atoms with Crippen LogP contribution in [0.25, 0.3) is 0 Å². The van der Waals surface area contributed by atoms with Gasteiger partial charge in [-0.15, -0.1) is 0 Å². The molecule has 4 radical (unpaired) electrons. The molecule has 6 nitrogen and oxygen atoms in total. The number of hydrogen-bond acceptors (Lipinski definition) is 6. The van der Waals surface area contributed by atoms with Gasteiger partial charge >= 0.3 is 6.72 Å². The van der Waals surface area contributed by atoms with E-state index in [1.165, 1.54) is 0 Å². The second kappa shape index (κ2) is 9.30. The summed E-state index contributed by atoms with van der Waals surface area (Å²) >= 11 is 5.23. The SMILES string of the molecule is [B][C@@H]1O[C@H](C(C)(C)C)[C@H](O)C1OP(O)(=S)OC[C@H]1O[C@@H]([B])C(C(C)(C)C)[C@H]1C(C)(C)C. The Balaban J connectivity index is 2.10. The highest BCUT2D eigenvalue weighted by Gasteiger charge is 2.52. The third-order valence-electron chi connectivity index (χ3n) is 6.26. The maximum absolute atomic E-state index is 10.7. The van der Waals surface area contributed by atoms with Crippen LogP contribution in [0.15, 0.2) is 0 Å². The summed E-state index contributed by atoms with van der Waals surface area (Å²) in [5.41, 5.74) is -0.525. The Morgan fingerprint density at radius 1 is 0.871 bits per heavy atom. The van der Waals surface area contributed by atoms with Gasteiger partial charge in [0.1, 0.15) is 27.9 Å². The van der Waals surface area contributed by atoms with Gasteiger partial charge in [0.25, 0.3) is 0 Å². The molecule has 0 aromatic rings. The van der Waals surface area contributed by atoms with E-state index < -0.39 is 37.0 Å². The third-order valence-corrected chi connectivity index (χ3v) is 7.82. The van der Waals surface area contributed by atoms with Gasteiger partial charge in [-0.2, -0.15) is 0 Å². The summed E-state index contributed by atoms with van der Waals surface area (Å²) in [6.45, 7) is 15.0. The van der Waals surface area contributed by atoms with Crippen molar-refractivity contribution in [1.82, 2.24) is 0 Å². The first kappa shape index (κ1) is 27.8. The molecule has 2 aliphatic heterocycles. The zero-order chi connectivity index (χ0) is 24.2. The molecule has 31 heavy (non-hydrogen) atoms. The Kier molecular flexibility index (Phi) is 8.33. The van der Waals surface area contributed by atoms with Gasteiger partial charge < -0.3 is 28.5 Å². The topological polar surface area (TPSA) is 77.4 Å². The normalized spacial score (nSPS) is 39.6. The average Bonchev–Trinajstić information content (AvgIpc) is 3.03. The molecule has 2 aliphatic rings. The van der Waals surface area contributed by atoms with E-state index in [2.05, 4.69) is 41.5 Å². The molecular formula is C21H39B2O6PS. The van der Waals surface area contributed by atoms with Crippen LogP contribution in [0.2, 0.25) is 0 Å². The summed E-state index contributed by atoms with van der Waals surface area (Å²) in [6.07, 6.45) is -2.90. The predicted molar refractivity (Wildman–Crippen MR) is 128 cm³/mol. The first-order chi connectivity index (χ1) is 13.8. The van der Waals surface area contributed by atoms with Crippen LogP contribution >= 0.6 is 6.72 Å². The molecule has 2 rings (SSSR count). The van der Waals surface area contributed by atoms with E-state index in [1.54, 1.807) is 0 Å². The molecule has 2 N–H and O–H groups in total. The number of rotatable bonds is 5. The summed E-state index contributed by atoms with van der Waals surface area (Å²) in [4.78, 5) is 10.7. The molecule has 0 bridgehead atoms. The Bertz CT molecular complexity index is 674. The zero-order valence-electron chi connectivity index (χ0n) is 20.4. The minimum Gasteiger partial charge on any atom is -0.388 e. The highest BCUT2D eigenvalue weighted by Crippen LogP contribution is 2.53. The number of hydrogen-bond donors (Lipinski definition) is 2. The number of aliphatic hydroxyl groups is 1. The smallest absolute Gasteiger partial charge is 0.325 e. The molecule has 2 heterocycles. The average molecular weight is 472 g/mol. The molecular weight excluding hydrogens is 433 g/mol. The van der Waals surface area contributed by atoms with E-state index in [4.69, 9.17) is 46.0 Å². The highest BCUT2D eigenvalue weighted by molar-refractivity contribution is 8.07. The van der Waals surface area contributed by atoms with Crippen molar-refractivity contribution in [3.63, 3.8) is 0 Å². The lowest BCUT2D eigenvalue weighted by Gasteiger charge is -2.41. The summed E-state index contributed by atoms with van der Waals surface area (Å²) in [6, 6.07) is -1.36. The van der Waals surface area contributed by atoms with Crippen molar-refractivity contribution >= 4 is 34.2 Å². The predicted octanol–water partition coefficient (Wildman–Crippen LogP) is 3.12. The van der Waals surface area contributed by atoms with E-state index in [0.29, 0.717) is 0 Å². The van der Waals surface area contributed by atoms with E-state index in [0.717, 1.165) is 0 Å². The summed E-state index contributed by atoms with van der Waals surface area (Å²) in [5.74, 6) is 0.190. The lowest BCUT2D eigenvalue weighted by Crippen LogP contribution is -2.41. The van der Waals surface area contributed by atoms with Gasteiger partial charge in [0.2, 0.25) is 0 Å². The second-order valence-electron chi connectivity index (χ2n) is 12.1. The minimum absolute atomic E-state index is 0.0393. The Morgan fingerprint density at radius 2 is 1.39 bits per heavy atom. The molecule has 0 spiro atoms. The summed E-state index contributed by atoms with van der Waals surface area (Å²) in [7, 11) is 12.4. The van der Waals surface area contributed by atoms with E-state index in [9.17, 15) is 10.00 Å². The van der Waals surface area contributed by atoms with E-state index in [-0.39, 0.29) is 40.8 Å². The molecule has 0 saturated carbocycles. The van der Waals surface area contributed by atoms with Crippen molar-refractivity contribution in [2.75, 3.05) is 6.61 Å². The van der Waals surface area contributed by atoms with Crippen molar-refractivity contribution in [1.29, 1.82) is 0 Å². The van der Waals surface area contributed by atoms with E-state index >= 15 is 0 Å². The van der Waals surface area contributed by atoms with Gasteiger partial charge in [-0.25, -0.2) is 0 Å². The maximum atomic E-state index is 10.7. The quantitative estimate of drug-likeness (QED) is 0.471. The van der Waals surface area contributed by atoms with Crippen LogP contribution in [0, 0.1) is 28.1 Å². The molecule has 2 saturated heterocycles. The van der Waals surface area contributed by atoms with Crippen LogP contribution in [0.4, 0.5) is 0 Å². The largest absolute Gasteiger partial charge is 0.388 e. The van der Waals surface area contributed by atoms with Crippen LogP contribution in [-0.2, 0) is 30.3 Å². The van der Waals surface area contributed by atoms with Crippen LogP contribution in [0.1, 0.15) is 62.3 Å². The monoisotopic (exact) mass is 472 g/mol. The van der Waals surface area contributed by atoms with Crippen LogP contribution < -0.4 is 0 Å². The molecule has 10 heteroatoms. The first-order valence-electron chi connectivity index (χ1n) is 10.9. The molecule has 3 unspecified atom stereocenters. The molecule has 0 aliphatic carbocycles. The fraction of sp³-hybridized carbons (Fsp3) is 1.00. The van der Waals surface area contributed by atoms with Gasteiger partial charge in [0.05, 0.1) is 18.8 Å². The van der Waals surface area contributed by atoms with Crippen LogP contribution in [-0.4, -0.2) is 68.7 Å². The van der Waals surface area contributed by atoms with Crippen LogP contribution in [0.5, 0.6) is 0 Å². The maximum Gasteiger partial charge on any atom is 0.325 e. The summed E-state index contributed by atoms with van der Waals surface area (Å²) in [5, 5.41) is 10.6. The lowest BCUT2D eigenvalue weighted by molar-refractivity contribution is -0.0387. The third kappa shape index (κ3) is 6.57. The highest BCUT2D eigenvalue weighted by atomic mass is 32.5. The van der Waals surface area contributed by atoms with Gasteiger partial charge in [-0.05, 0) is 39.9 Å². The van der Waals surface area contributed by atoms with Crippen molar-refractivity contribution in [2.45, 2.75) is 98.7 Å². The molecule has 9 atom stereocenters. The van der Waals surface area contributed by atoms with E-state index in [1.807, 2.05) is 20.8 Å². The molecule has 176 valence electrons. The molecule has 0 aromatic heterocycles. The zero-order valence-corrected chi connectivity index (χ0v) is 22.1. The summed E-state index contributed by atoms with van der Waals surface area (Å²) < 4.78 is 23.0. The fourth-order valence-corrected chi connectivity index (χ4v) is 6.39. The first-order valence-corrected chi connectivity index (χ1v) is 13.5. The van der Waals surface area contributed by atoms with Crippen LogP contribution in [0.3, 0.4) is 0 Å². The lowest BCUT2D eigenvalue weighted by atomic mass is 9.59. The van der Waals surface area contributed by atoms with Crippen molar-refractivity contribution < 1.29 is 28.5 Å². The fourth-order valence-electron chi connectivity index (χ4n) is 4.96. The van der Waals surface area contributed by atoms with Gasteiger partial charge in [-0.1, -0.05) is 62.3 Å². The second-order valence-corrected chi connectivity index (χ2v) is 14.9. The van der Waals surface area contributed by atoms with Gasteiger partial charge in [0.15, 0.2) is 0 Å². The van der Waals surface area contributed by atoms with Crippen molar-refractivity contribution in [3.05, 3.63) is 0 Å². The Labute approximate surface area is 196 Å². The Morgan fingerprint density at radius 3 is 1.81 bits per heavy atom. The number of ether oxygens (including phenoxy) is 2. The Hall–Kier alpha value is 0.540. The molecule has 2 fully saturated rings. The minimum atomic E-state index is -3.71. The molecule has 0 amide bonds. The van der Waals surface area contributed by atoms with Crippen molar-refractivity contribution in [3.8, 4) is 0 Å². The molecule has 0 aromatic carbocycles.